The minimum absolute atomic E-state index is 0.0725. The van der Waals surface area contributed by atoms with E-state index in [0.29, 0.717) is 16.7 Å². The molecule has 100 valence electrons. The second kappa shape index (κ2) is 5.07. The number of aryl methyl sites for hydroxylation is 1. The zero-order chi connectivity index (χ0) is 13.3. The van der Waals surface area contributed by atoms with E-state index in [9.17, 15) is 13.6 Å². The van der Waals surface area contributed by atoms with E-state index < -0.39 is 5.92 Å². The number of aromatic nitrogens is 2. The Morgan fingerprint density at radius 1 is 1.56 bits per heavy atom. The highest BCUT2D eigenvalue weighted by atomic mass is 79.9. The van der Waals surface area contributed by atoms with Crippen LogP contribution in [0.5, 0.6) is 0 Å². The second-order valence-corrected chi connectivity index (χ2v) is 5.51. The summed E-state index contributed by atoms with van der Waals surface area (Å²) in [5.74, 6) is -2.97. The topological polar surface area (TPSA) is 34.9 Å². The van der Waals surface area contributed by atoms with Crippen molar-refractivity contribution in [1.29, 1.82) is 0 Å². The fourth-order valence-electron chi connectivity index (χ4n) is 2.34. The van der Waals surface area contributed by atoms with Crippen molar-refractivity contribution >= 4 is 21.7 Å². The van der Waals surface area contributed by atoms with Crippen LogP contribution in [0.25, 0.3) is 0 Å². The quantitative estimate of drug-likeness (QED) is 0.796. The molecule has 0 atom stereocenters. The van der Waals surface area contributed by atoms with Crippen molar-refractivity contribution in [2.24, 2.45) is 5.92 Å². The zero-order valence-electron chi connectivity index (χ0n) is 10.1. The third kappa shape index (κ3) is 2.63. The highest BCUT2D eigenvalue weighted by Crippen LogP contribution is 2.38. The maximum atomic E-state index is 13.1. The van der Waals surface area contributed by atoms with Gasteiger partial charge < -0.3 is 0 Å². The molecule has 0 unspecified atom stereocenters. The Kier molecular flexibility index (Phi) is 3.84. The van der Waals surface area contributed by atoms with E-state index in [1.807, 2.05) is 6.92 Å². The molecule has 1 fully saturated rings. The molecule has 0 radical (unpaired) electrons. The Bertz CT molecular complexity index is 449. The molecular formula is C12H15BrF2N2O. The van der Waals surface area contributed by atoms with Crippen molar-refractivity contribution < 1.29 is 13.6 Å². The second-order valence-electron chi connectivity index (χ2n) is 4.65. The predicted molar refractivity (Wildman–Crippen MR) is 66.8 cm³/mol. The molecule has 1 saturated carbocycles. The van der Waals surface area contributed by atoms with Gasteiger partial charge in [-0.3, -0.25) is 9.48 Å². The van der Waals surface area contributed by atoms with Crippen LogP contribution in [0.2, 0.25) is 0 Å². The van der Waals surface area contributed by atoms with E-state index in [4.69, 9.17) is 0 Å². The van der Waals surface area contributed by atoms with E-state index in [0.717, 1.165) is 0 Å². The summed E-state index contributed by atoms with van der Waals surface area (Å²) in [7, 11) is 0. The molecule has 0 saturated heterocycles. The van der Waals surface area contributed by atoms with E-state index in [-0.39, 0.29) is 37.4 Å². The SMILES string of the molecule is CCn1ncc(Br)c1C(=O)C1CCC(F)(F)CC1. The first-order chi connectivity index (χ1) is 8.44. The van der Waals surface area contributed by atoms with Crippen LogP contribution in [0.4, 0.5) is 8.78 Å². The van der Waals surface area contributed by atoms with Crippen molar-refractivity contribution in [1.82, 2.24) is 9.78 Å². The summed E-state index contributed by atoms with van der Waals surface area (Å²) in [5.41, 5.74) is 0.507. The van der Waals surface area contributed by atoms with E-state index in [2.05, 4.69) is 21.0 Å². The van der Waals surface area contributed by atoms with E-state index in [1.165, 1.54) is 0 Å². The van der Waals surface area contributed by atoms with Gasteiger partial charge in [0, 0.05) is 25.3 Å². The zero-order valence-corrected chi connectivity index (χ0v) is 11.7. The lowest BCUT2D eigenvalue weighted by molar-refractivity contribution is -0.0425. The molecule has 1 aliphatic carbocycles. The van der Waals surface area contributed by atoms with Crippen molar-refractivity contribution in [2.75, 3.05) is 0 Å². The summed E-state index contributed by atoms with van der Waals surface area (Å²) in [6.45, 7) is 2.49. The Balaban J connectivity index is 2.15. The van der Waals surface area contributed by atoms with Crippen LogP contribution in [-0.2, 0) is 6.54 Å². The van der Waals surface area contributed by atoms with Crippen LogP contribution in [-0.4, -0.2) is 21.5 Å². The average Bonchev–Trinajstić information content (AvgIpc) is 2.69. The van der Waals surface area contributed by atoms with Gasteiger partial charge in [-0.15, -0.1) is 0 Å². The number of ketones is 1. The molecule has 1 aliphatic rings. The highest BCUT2D eigenvalue weighted by Gasteiger charge is 2.38. The standard InChI is InChI=1S/C12H15BrF2N2O/c1-2-17-10(9(13)7-16-17)11(18)8-3-5-12(14,15)6-4-8/h7-8H,2-6H2,1H3. The average molecular weight is 321 g/mol. The molecule has 3 nitrogen and oxygen atoms in total. The van der Waals surface area contributed by atoms with Gasteiger partial charge in [0.25, 0.3) is 0 Å². The lowest BCUT2D eigenvalue weighted by Gasteiger charge is -2.27. The van der Waals surface area contributed by atoms with Crippen LogP contribution < -0.4 is 0 Å². The minimum Gasteiger partial charge on any atom is -0.292 e. The number of alkyl halides is 2. The van der Waals surface area contributed by atoms with Gasteiger partial charge in [-0.1, -0.05) is 0 Å². The largest absolute Gasteiger partial charge is 0.292 e. The van der Waals surface area contributed by atoms with Gasteiger partial charge in [-0.25, -0.2) is 8.78 Å². The Morgan fingerprint density at radius 2 is 2.17 bits per heavy atom. The van der Waals surface area contributed by atoms with Gasteiger partial charge in [0.1, 0.15) is 5.69 Å². The third-order valence-corrected chi connectivity index (χ3v) is 4.00. The fraction of sp³-hybridized carbons (Fsp3) is 0.667. The number of Topliss-reactive ketones (excluding diaryl/α,β-unsaturated/α-hetero) is 1. The van der Waals surface area contributed by atoms with Gasteiger partial charge in [-0.05, 0) is 35.7 Å². The van der Waals surface area contributed by atoms with Crippen LogP contribution in [0.1, 0.15) is 43.1 Å². The van der Waals surface area contributed by atoms with Crippen LogP contribution in [0.3, 0.4) is 0 Å². The molecule has 0 amide bonds. The Morgan fingerprint density at radius 3 is 2.72 bits per heavy atom. The van der Waals surface area contributed by atoms with Gasteiger partial charge in [0.05, 0.1) is 10.7 Å². The van der Waals surface area contributed by atoms with E-state index in [1.54, 1.807) is 10.9 Å². The molecule has 0 bridgehead atoms. The number of halogens is 3. The molecule has 0 spiro atoms. The van der Waals surface area contributed by atoms with Crippen LogP contribution in [0, 0.1) is 5.92 Å². The first-order valence-corrected chi connectivity index (χ1v) is 6.87. The van der Waals surface area contributed by atoms with Crippen LogP contribution in [0.15, 0.2) is 10.7 Å². The number of nitrogens with zero attached hydrogens (tertiary/aromatic N) is 2. The summed E-state index contributed by atoms with van der Waals surface area (Å²) in [6, 6.07) is 0. The molecule has 1 aromatic heterocycles. The molecule has 2 rings (SSSR count). The smallest absolute Gasteiger partial charge is 0.248 e. The lowest BCUT2D eigenvalue weighted by atomic mass is 9.83. The Hall–Kier alpha value is -0.780. The maximum absolute atomic E-state index is 13.1. The van der Waals surface area contributed by atoms with Crippen molar-refractivity contribution in [2.45, 2.75) is 45.1 Å². The number of rotatable bonds is 3. The predicted octanol–water partition coefficient (Wildman–Crippen LogP) is 3.67. The molecule has 0 aromatic carbocycles. The van der Waals surface area contributed by atoms with Gasteiger partial charge in [-0.2, -0.15) is 5.10 Å². The lowest BCUT2D eigenvalue weighted by Crippen LogP contribution is -2.29. The minimum atomic E-state index is -2.60. The van der Waals surface area contributed by atoms with Crippen molar-refractivity contribution in [3.8, 4) is 0 Å². The summed E-state index contributed by atoms with van der Waals surface area (Å²) in [6.07, 6.45) is 1.71. The van der Waals surface area contributed by atoms with Gasteiger partial charge >= 0.3 is 0 Å². The maximum Gasteiger partial charge on any atom is 0.248 e. The fourth-order valence-corrected chi connectivity index (χ4v) is 2.83. The molecule has 0 N–H and O–H groups in total. The molecular weight excluding hydrogens is 306 g/mol. The molecule has 1 heterocycles. The molecule has 6 heteroatoms. The number of carbonyl (C=O) groups is 1. The first kappa shape index (κ1) is 13.6. The van der Waals surface area contributed by atoms with Crippen molar-refractivity contribution in [3.05, 3.63) is 16.4 Å². The monoisotopic (exact) mass is 320 g/mol. The Labute approximate surface area is 113 Å². The summed E-state index contributed by atoms with van der Waals surface area (Å²) >= 11 is 3.30. The molecule has 0 aliphatic heterocycles. The number of carbonyl (C=O) groups excluding carboxylic acids is 1. The number of hydrogen-bond acceptors (Lipinski definition) is 2. The van der Waals surface area contributed by atoms with Gasteiger partial charge in [0.2, 0.25) is 5.92 Å². The molecule has 1 aromatic rings. The normalized spacial score (nSPS) is 20.0. The first-order valence-electron chi connectivity index (χ1n) is 6.08. The third-order valence-electron chi connectivity index (χ3n) is 3.42. The number of hydrogen-bond donors (Lipinski definition) is 0. The summed E-state index contributed by atoms with van der Waals surface area (Å²) in [5, 5.41) is 4.08. The van der Waals surface area contributed by atoms with E-state index >= 15 is 0 Å². The van der Waals surface area contributed by atoms with Crippen molar-refractivity contribution in [3.63, 3.8) is 0 Å². The van der Waals surface area contributed by atoms with Crippen LogP contribution >= 0.6 is 15.9 Å². The van der Waals surface area contributed by atoms with Gasteiger partial charge in [0.15, 0.2) is 5.78 Å². The highest BCUT2D eigenvalue weighted by molar-refractivity contribution is 9.10. The summed E-state index contributed by atoms with van der Waals surface area (Å²) in [4.78, 5) is 12.3. The molecule has 18 heavy (non-hydrogen) atoms. The summed E-state index contributed by atoms with van der Waals surface area (Å²) < 4.78 is 28.4.